The number of hydrogen-bond donors (Lipinski definition) is 0. The Balaban J connectivity index is 2.28. The molecule has 0 N–H and O–H groups in total. The van der Waals surface area contributed by atoms with Crippen LogP contribution in [-0.2, 0) is 6.42 Å². The summed E-state index contributed by atoms with van der Waals surface area (Å²) >= 11 is 6.24. The van der Waals surface area contributed by atoms with E-state index in [0.717, 1.165) is 5.92 Å². The van der Waals surface area contributed by atoms with Gasteiger partial charge in [0.15, 0.2) is 0 Å². The summed E-state index contributed by atoms with van der Waals surface area (Å²) in [4.78, 5) is 0. The van der Waals surface area contributed by atoms with E-state index in [4.69, 9.17) is 11.6 Å². The Morgan fingerprint density at radius 2 is 2.25 bits per heavy atom. The minimum Gasteiger partial charge on any atom is -0.118 e. The Hall–Kier alpha value is -0.490. The highest BCUT2D eigenvalue weighted by Gasteiger charge is 2.34. The van der Waals surface area contributed by atoms with Gasteiger partial charge in [-0.3, -0.25) is 0 Å². The molecular formula is C11H11Cl. The first-order chi connectivity index (χ1) is 5.86. The first-order valence-corrected chi connectivity index (χ1v) is 5.05. The van der Waals surface area contributed by atoms with Crippen molar-refractivity contribution < 1.29 is 0 Å². The summed E-state index contributed by atoms with van der Waals surface area (Å²) in [7, 11) is 0. The van der Waals surface area contributed by atoms with Gasteiger partial charge in [-0.2, -0.15) is 0 Å². The van der Waals surface area contributed by atoms with Crippen LogP contribution in [0.5, 0.6) is 0 Å². The van der Waals surface area contributed by atoms with Crippen LogP contribution in [0.15, 0.2) is 18.2 Å². The summed E-state index contributed by atoms with van der Waals surface area (Å²) in [5, 5.41) is 0.297. The molecule has 1 aromatic carbocycles. The normalized spacial score (nSPS) is 30.8. The summed E-state index contributed by atoms with van der Waals surface area (Å²) in [5.74, 6) is 0.790. The third-order valence-electron chi connectivity index (χ3n) is 3.23. The van der Waals surface area contributed by atoms with E-state index >= 15 is 0 Å². The predicted octanol–water partition coefficient (Wildman–Crippen LogP) is 3.40. The highest BCUT2D eigenvalue weighted by atomic mass is 35.5. The standard InChI is InChI=1S/C11H11Cl/c12-10-6-8-5-4-7-2-1-3-9(10)11(7)8/h1-3,8,10H,4-6H2. The molecule has 0 aliphatic heterocycles. The van der Waals surface area contributed by atoms with Gasteiger partial charge in [-0.25, -0.2) is 0 Å². The van der Waals surface area contributed by atoms with Crippen molar-refractivity contribution in [3.8, 4) is 0 Å². The summed E-state index contributed by atoms with van der Waals surface area (Å²) in [5.41, 5.74) is 4.56. The molecule has 0 spiro atoms. The summed E-state index contributed by atoms with van der Waals surface area (Å²) in [6.45, 7) is 0. The van der Waals surface area contributed by atoms with Gasteiger partial charge < -0.3 is 0 Å². The van der Waals surface area contributed by atoms with E-state index in [0.29, 0.717) is 5.38 Å². The van der Waals surface area contributed by atoms with Crippen LogP contribution < -0.4 is 0 Å². The lowest BCUT2D eigenvalue weighted by Crippen LogP contribution is -1.86. The second-order valence-corrected chi connectivity index (χ2v) is 4.39. The fourth-order valence-corrected chi connectivity index (χ4v) is 3.11. The minimum atomic E-state index is 0.297. The van der Waals surface area contributed by atoms with Crippen molar-refractivity contribution in [3.05, 3.63) is 34.9 Å². The van der Waals surface area contributed by atoms with Crippen molar-refractivity contribution in [3.63, 3.8) is 0 Å². The third-order valence-corrected chi connectivity index (χ3v) is 3.64. The fraction of sp³-hybridized carbons (Fsp3) is 0.455. The average molecular weight is 179 g/mol. The van der Waals surface area contributed by atoms with E-state index in [-0.39, 0.29) is 0 Å². The Bertz CT molecular complexity index is 330. The van der Waals surface area contributed by atoms with Crippen LogP contribution in [-0.4, -0.2) is 0 Å². The summed E-state index contributed by atoms with van der Waals surface area (Å²) in [6, 6.07) is 6.60. The molecule has 2 unspecified atom stereocenters. The Morgan fingerprint density at radius 3 is 3.17 bits per heavy atom. The second-order valence-electron chi connectivity index (χ2n) is 3.86. The average Bonchev–Trinajstić information content (AvgIpc) is 2.61. The van der Waals surface area contributed by atoms with E-state index in [1.165, 1.54) is 24.8 Å². The van der Waals surface area contributed by atoms with Crippen molar-refractivity contribution in [1.29, 1.82) is 0 Å². The smallest absolute Gasteiger partial charge is 0.0593 e. The van der Waals surface area contributed by atoms with E-state index in [2.05, 4.69) is 18.2 Å². The van der Waals surface area contributed by atoms with Crippen LogP contribution in [0.1, 0.15) is 40.8 Å². The van der Waals surface area contributed by atoms with Gasteiger partial charge in [-0.1, -0.05) is 18.2 Å². The zero-order valence-electron chi connectivity index (χ0n) is 6.89. The predicted molar refractivity (Wildman–Crippen MR) is 50.7 cm³/mol. The number of alkyl halides is 1. The molecule has 0 nitrogen and oxygen atoms in total. The van der Waals surface area contributed by atoms with E-state index in [1.807, 2.05) is 0 Å². The highest BCUT2D eigenvalue weighted by molar-refractivity contribution is 6.21. The molecule has 3 rings (SSSR count). The van der Waals surface area contributed by atoms with Gasteiger partial charge in [0.05, 0.1) is 5.38 Å². The van der Waals surface area contributed by atoms with Gasteiger partial charge in [-0.05, 0) is 41.9 Å². The minimum absolute atomic E-state index is 0.297. The fourth-order valence-electron chi connectivity index (χ4n) is 2.71. The Kier molecular flexibility index (Phi) is 1.31. The molecule has 0 aromatic heterocycles. The van der Waals surface area contributed by atoms with Crippen LogP contribution >= 0.6 is 11.6 Å². The van der Waals surface area contributed by atoms with Crippen molar-refractivity contribution >= 4 is 11.6 Å². The zero-order valence-corrected chi connectivity index (χ0v) is 7.64. The molecule has 0 saturated heterocycles. The van der Waals surface area contributed by atoms with Gasteiger partial charge in [0.2, 0.25) is 0 Å². The SMILES string of the molecule is ClC1CC2CCc3cccc1c32. The Labute approximate surface area is 77.5 Å². The van der Waals surface area contributed by atoms with Gasteiger partial charge in [-0.15, -0.1) is 11.6 Å². The first kappa shape index (κ1) is 6.97. The quantitative estimate of drug-likeness (QED) is 0.535. The van der Waals surface area contributed by atoms with Crippen LogP contribution in [0.2, 0.25) is 0 Å². The number of hydrogen-bond acceptors (Lipinski definition) is 0. The van der Waals surface area contributed by atoms with Crippen molar-refractivity contribution in [2.45, 2.75) is 30.6 Å². The second kappa shape index (κ2) is 2.26. The molecular weight excluding hydrogens is 168 g/mol. The van der Waals surface area contributed by atoms with Gasteiger partial charge in [0, 0.05) is 0 Å². The molecule has 62 valence electrons. The molecule has 0 bridgehead atoms. The van der Waals surface area contributed by atoms with Crippen molar-refractivity contribution in [1.82, 2.24) is 0 Å². The lowest BCUT2D eigenvalue weighted by atomic mass is 10.0. The molecule has 1 aromatic rings. The molecule has 2 aliphatic carbocycles. The highest BCUT2D eigenvalue weighted by Crippen LogP contribution is 2.50. The maximum absolute atomic E-state index is 6.24. The monoisotopic (exact) mass is 178 g/mol. The van der Waals surface area contributed by atoms with Crippen molar-refractivity contribution in [2.75, 3.05) is 0 Å². The number of aryl methyl sites for hydroxylation is 1. The van der Waals surface area contributed by atoms with Crippen LogP contribution in [0, 0.1) is 0 Å². The lowest BCUT2D eigenvalue weighted by molar-refractivity contribution is 0.652. The molecule has 0 heterocycles. The topological polar surface area (TPSA) is 0 Å². The lowest BCUT2D eigenvalue weighted by Gasteiger charge is -2.03. The summed E-state index contributed by atoms with van der Waals surface area (Å²) in [6.07, 6.45) is 3.78. The Morgan fingerprint density at radius 1 is 1.33 bits per heavy atom. The van der Waals surface area contributed by atoms with Gasteiger partial charge in [0.25, 0.3) is 0 Å². The van der Waals surface area contributed by atoms with Crippen LogP contribution in [0.4, 0.5) is 0 Å². The third kappa shape index (κ3) is 0.740. The molecule has 1 heteroatoms. The molecule has 0 amide bonds. The molecule has 0 saturated carbocycles. The van der Waals surface area contributed by atoms with Gasteiger partial charge >= 0.3 is 0 Å². The van der Waals surface area contributed by atoms with E-state index < -0.39 is 0 Å². The van der Waals surface area contributed by atoms with E-state index in [1.54, 1.807) is 11.1 Å². The number of halogens is 1. The number of rotatable bonds is 0. The van der Waals surface area contributed by atoms with Gasteiger partial charge in [0.1, 0.15) is 0 Å². The van der Waals surface area contributed by atoms with E-state index in [9.17, 15) is 0 Å². The zero-order chi connectivity index (χ0) is 8.13. The van der Waals surface area contributed by atoms with Crippen molar-refractivity contribution in [2.24, 2.45) is 0 Å². The molecule has 2 aliphatic rings. The molecule has 2 atom stereocenters. The summed E-state index contributed by atoms with van der Waals surface area (Å²) < 4.78 is 0. The largest absolute Gasteiger partial charge is 0.118 e. The molecule has 0 radical (unpaired) electrons. The van der Waals surface area contributed by atoms with Crippen LogP contribution in [0.3, 0.4) is 0 Å². The molecule has 0 fully saturated rings. The van der Waals surface area contributed by atoms with Crippen LogP contribution in [0.25, 0.3) is 0 Å². The maximum Gasteiger partial charge on any atom is 0.0593 e. The molecule has 12 heavy (non-hydrogen) atoms. The first-order valence-electron chi connectivity index (χ1n) is 4.62. The number of benzene rings is 1. The maximum atomic E-state index is 6.24.